The van der Waals surface area contributed by atoms with Gasteiger partial charge in [-0.1, -0.05) is 0 Å². The number of hydrogen-bond acceptors (Lipinski definition) is 6. The Labute approximate surface area is 426 Å². The van der Waals surface area contributed by atoms with Crippen molar-refractivity contribution in [1.82, 2.24) is 17.5 Å². The number of benzene rings is 3. The van der Waals surface area contributed by atoms with Crippen LogP contribution in [0.3, 0.4) is 0 Å². The predicted molar refractivity (Wildman–Crippen MR) is 303 cm³/mol. The van der Waals surface area contributed by atoms with Crippen molar-refractivity contribution < 1.29 is 0 Å². The molecule has 8 heteroatoms. The molecule has 0 spiro atoms. The molecule has 7 rings (SSSR count). The van der Waals surface area contributed by atoms with Gasteiger partial charge in [0.1, 0.15) is 0 Å². The monoisotopic (exact) mass is 1160 g/mol. The summed E-state index contributed by atoms with van der Waals surface area (Å²) < 4.78 is 29.3. The van der Waals surface area contributed by atoms with Crippen LogP contribution in [-0.2, 0) is 10.8 Å². The normalized spacial score (nSPS) is 14.9. The summed E-state index contributed by atoms with van der Waals surface area (Å²) in [5.41, 5.74) is 17.5. The minimum atomic E-state index is -3.00. The number of unbranched alkanes of at least 4 members (excludes halogenated alkanes) is 15. The second-order valence-corrected chi connectivity index (χ2v) is 51.4. The minimum absolute atomic E-state index is 0.0238. The summed E-state index contributed by atoms with van der Waals surface area (Å²) in [5.74, 6) is 0. The molecule has 368 valence electrons. The van der Waals surface area contributed by atoms with Crippen LogP contribution < -0.4 is 7.16 Å². The topological polar surface area (TPSA) is 51.6 Å². The predicted octanol–water partition coefficient (Wildman–Crippen LogP) is 18.7. The molecule has 0 atom stereocenters. The summed E-state index contributed by atoms with van der Waals surface area (Å²) in [7, 11) is 0. The zero-order chi connectivity index (χ0) is 47.7. The van der Waals surface area contributed by atoms with Gasteiger partial charge in [0.15, 0.2) is 0 Å². The van der Waals surface area contributed by atoms with Crippen LogP contribution in [0.1, 0.15) is 238 Å². The Kier molecular flexibility index (Phi) is 19.7. The van der Waals surface area contributed by atoms with Crippen LogP contribution in [0.5, 0.6) is 0 Å². The third-order valence-corrected chi connectivity index (χ3v) is 39.4. The van der Waals surface area contributed by atoms with Crippen LogP contribution in [0.2, 0.25) is 28.1 Å². The number of aromatic nitrogens is 4. The molecule has 2 aliphatic rings. The van der Waals surface area contributed by atoms with Gasteiger partial charge in [0.2, 0.25) is 0 Å². The van der Waals surface area contributed by atoms with Gasteiger partial charge in [-0.05, 0) is 0 Å². The maximum absolute atomic E-state index is 5.53. The molecular weight excluding hydrogens is 1070 g/mol. The first-order valence-electron chi connectivity index (χ1n) is 28.4. The molecule has 0 saturated carbocycles. The molecule has 0 N–H and O–H groups in total. The SMILES string of the molecule is CCCCCCC1(CCCCCC)c2cc3c(cc2-c2c1c[c]([Sn]([CH3])([CH3])[CH3])c1nsnc21)C(CCCCCC)(CCCCCC)c1c[c]([Sn]([CH2]CCC)([CH2]CCC)[CH2]CCC)c2nsnc2c1-3. The van der Waals surface area contributed by atoms with Crippen LogP contribution in [0.25, 0.3) is 44.3 Å². The van der Waals surface area contributed by atoms with E-state index in [1.807, 2.05) is 0 Å². The Morgan fingerprint density at radius 2 is 0.701 bits per heavy atom. The Bertz CT molecular complexity index is 2320. The summed E-state index contributed by atoms with van der Waals surface area (Å²) in [4.78, 5) is 7.81. The number of nitrogens with zero attached hydrogens (tertiary/aromatic N) is 4. The van der Waals surface area contributed by atoms with Crippen LogP contribution >= 0.6 is 23.5 Å². The van der Waals surface area contributed by atoms with E-state index in [1.165, 1.54) is 248 Å². The van der Waals surface area contributed by atoms with E-state index in [9.17, 15) is 0 Å². The summed E-state index contributed by atoms with van der Waals surface area (Å²) in [5, 5.41) is 0. The van der Waals surface area contributed by atoms with Gasteiger partial charge in [-0.3, -0.25) is 0 Å². The molecule has 2 aliphatic carbocycles. The van der Waals surface area contributed by atoms with Gasteiger partial charge in [-0.15, -0.1) is 0 Å². The van der Waals surface area contributed by atoms with E-state index in [0.717, 1.165) is 0 Å². The maximum atomic E-state index is 5.53. The Morgan fingerprint density at radius 3 is 1.04 bits per heavy atom. The van der Waals surface area contributed by atoms with E-state index in [4.69, 9.17) is 17.5 Å². The van der Waals surface area contributed by atoms with Gasteiger partial charge in [0, 0.05) is 0 Å². The summed E-state index contributed by atoms with van der Waals surface area (Å²) in [6.07, 6.45) is 33.6. The second kappa shape index (κ2) is 24.5. The first kappa shape index (κ1) is 53.7. The molecule has 2 aromatic heterocycles. The van der Waals surface area contributed by atoms with Crippen molar-refractivity contribution in [2.24, 2.45) is 0 Å². The fourth-order valence-corrected chi connectivity index (χ4v) is 35.6. The first-order chi connectivity index (χ1) is 32.6. The van der Waals surface area contributed by atoms with Gasteiger partial charge < -0.3 is 0 Å². The van der Waals surface area contributed by atoms with E-state index in [2.05, 4.69) is 87.6 Å². The zero-order valence-electron chi connectivity index (χ0n) is 44.4. The summed E-state index contributed by atoms with van der Waals surface area (Å²) in [6, 6.07) is 11.4. The molecule has 5 aromatic rings. The molecule has 3 aromatic carbocycles. The average Bonchev–Trinajstić information content (AvgIpc) is 4.12. The fraction of sp³-hybridized carbons (Fsp3) is 0.695. The van der Waals surface area contributed by atoms with Crippen LogP contribution in [-0.4, -0.2) is 54.2 Å². The molecule has 0 amide bonds. The van der Waals surface area contributed by atoms with E-state index in [0.29, 0.717) is 0 Å². The van der Waals surface area contributed by atoms with Crippen LogP contribution in [0, 0.1) is 0 Å². The quantitative estimate of drug-likeness (QED) is 0.0328. The van der Waals surface area contributed by atoms with Crippen molar-refractivity contribution in [3.63, 3.8) is 0 Å². The molecule has 0 aliphatic heterocycles. The first-order valence-corrected chi connectivity index (χ1v) is 47.3. The number of rotatable bonds is 31. The van der Waals surface area contributed by atoms with E-state index in [1.54, 1.807) is 29.4 Å². The van der Waals surface area contributed by atoms with Gasteiger partial charge >= 0.3 is 430 Å². The van der Waals surface area contributed by atoms with Crippen LogP contribution in [0.4, 0.5) is 0 Å². The molecule has 0 saturated heterocycles. The van der Waals surface area contributed by atoms with Crippen molar-refractivity contribution in [3.05, 3.63) is 46.5 Å². The van der Waals surface area contributed by atoms with Crippen molar-refractivity contribution >= 4 is 89.4 Å². The molecular formula is C59H92N4S2Sn2. The zero-order valence-corrected chi connectivity index (χ0v) is 51.8. The van der Waals surface area contributed by atoms with Crippen molar-refractivity contribution in [2.45, 2.75) is 254 Å². The third kappa shape index (κ3) is 10.8. The van der Waals surface area contributed by atoms with E-state index >= 15 is 0 Å². The van der Waals surface area contributed by atoms with Crippen molar-refractivity contribution in [2.75, 3.05) is 0 Å². The van der Waals surface area contributed by atoms with Crippen molar-refractivity contribution in [1.29, 1.82) is 0 Å². The third-order valence-electron chi connectivity index (χ3n) is 17.1. The molecule has 0 radical (unpaired) electrons. The van der Waals surface area contributed by atoms with Crippen LogP contribution in [0.15, 0.2) is 24.3 Å². The Balaban J connectivity index is 1.59. The molecule has 2 heterocycles. The second-order valence-electron chi connectivity index (χ2n) is 22.8. The molecule has 67 heavy (non-hydrogen) atoms. The number of fused-ring (bicyclic) bond motifs is 10. The molecule has 0 fully saturated rings. The van der Waals surface area contributed by atoms with E-state index < -0.39 is 36.8 Å². The molecule has 0 unspecified atom stereocenters. The Hall–Kier alpha value is -1.10. The van der Waals surface area contributed by atoms with Gasteiger partial charge in [-0.25, -0.2) is 0 Å². The van der Waals surface area contributed by atoms with Gasteiger partial charge in [0.05, 0.1) is 0 Å². The summed E-state index contributed by atoms with van der Waals surface area (Å²) >= 11 is -2.66. The summed E-state index contributed by atoms with van der Waals surface area (Å²) in [6.45, 7) is 16.8. The molecule has 4 nitrogen and oxygen atoms in total. The Morgan fingerprint density at radius 1 is 0.373 bits per heavy atom. The van der Waals surface area contributed by atoms with E-state index in [-0.39, 0.29) is 10.8 Å². The fourth-order valence-electron chi connectivity index (χ4n) is 13.3. The average molecular weight is 1160 g/mol. The van der Waals surface area contributed by atoms with Gasteiger partial charge in [0.25, 0.3) is 0 Å². The van der Waals surface area contributed by atoms with Crippen molar-refractivity contribution in [3.8, 4) is 22.3 Å². The standard InChI is InChI=1S/C44H56N4S2.3C4H9.3CH3.2Sn/c1-5-9-13-17-25-43(26-18-14-10-6-2)33-21-23-37-41(47-49-45-37)39(33)31-30-36-32(29-35(31)43)40-34(22-24-38-42(40)48-50-46-38)44(36,27-19-15-11-7-3)28-20-16-12-8-4;3*1-3-4-2;;;;;/h21-22,29-30H,5-20,25-28H2,1-4H3;3*1,3-4H2,2H3;3*1H3;;. The number of hydrogen-bond donors (Lipinski definition) is 0. The molecule has 0 bridgehead atoms. The van der Waals surface area contributed by atoms with Gasteiger partial charge in [-0.2, -0.15) is 0 Å².